The number of aliphatic hydroxyl groups excluding tert-OH is 1. The Hall–Kier alpha value is -0.170. The molecule has 1 fully saturated rings. The number of ether oxygens (including phenoxy) is 1. The quantitative estimate of drug-likeness (QED) is 0.775. The molecule has 1 aliphatic heterocycles. The first-order valence-corrected chi connectivity index (χ1v) is 7.85. The van der Waals surface area contributed by atoms with Gasteiger partial charge < -0.3 is 9.84 Å². The van der Waals surface area contributed by atoms with Crippen molar-refractivity contribution in [2.75, 3.05) is 52.5 Å². The van der Waals surface area contributed by atoms with Crippen molar-refractivity contribution < 1.29 is 9.84 Å². The minimum absolute atomic E-state index is 0.108. The van der Waals surface area contributed by atoms with E-state index >= 15 is 0 Å². The van der Waals surface area contributed by atoms with Crippen LogP contribution in [0.3, 0.4) is 0 Å². The Morgan fingerprint density at radius 3 is 2.53 bits per heavy atom. The molecule has 2 heterocycles. The van der Waals surface area contributed by atoms with E-state index in [-0.39, 0.29) is 6.61 Å². The summed E-state index contributed by atoms with van der Waals surface area (Å²) in [6.45, 7) is 7.58. The van der Waals surface area contributed by atoms with Crippen LogP contribution in [-0.2, 0) is 11.3 Å². The fourth-order valence-electron chi connectivity index (χ4n) is 2.19. The van der Waals surface area contributed by atoms with E-state index in [1.807, 2.05) is 6.07 Å². The van der Waals surface area contributed by atoms with Gasteiger partial charge in [-0.2, -0.15) is 0 Å². The van der Waals surface area contributed by atoms with Gasteiger partial charge in [-0.25, -0.2) is 0 Å². The van der Waals surface area contributed by atoms with E-state index in [0.717, 1.165) is 43.6 Å². The highest BCUT2D eigenvalue weighted by molar-refractivity contribution is 7.16. The summed E-state index contributed by atoms with van der Waals surface area (Å²) >= 11 is 7.61. The minimum Gasteiger partial charge on any atom is -0.394 e. The number of aliphatic hydroxyl groups is 1. The molecular weight excluding hydrogens is 284 g/mol. The van der Waals surface area contributed by atoms with E-state index in [0.29, 0.717) is 13.2 Å². The molecule has 1 aliphatic rings. The molecule has 0 atom stereocenters. The van der Waals surface area contributed by atoms with Crippen LogP contribution in [0.2, 0.25) is 4.34 Å². The summed E-state index contributed by atoms with van der Waals surface area (Å²) in [6.07, 6.45) is 0. The Morgan fingerprint density at radius 2 is 1.89 bits per heavy atom. The van der Waals surface area contributed by atoms with Crippen molar-refractivity contribution in [3.8, 4) is 0 Å². The molecular formula is C13H21ClN2O2S. The van der Waals surface area contributed by atoms with Gasteiger partial charge in [0.05, 0.1) is 24.2 Å². The molecule has 1 aromatic heterocycles. The zero-order valence-corrected chi connectivity index (χ0v) is 12.6. The van der Waals surface area contributed by atoms with Crippen LogP contribution in [0.1, 0.15) is 4.88 Å². The summed E-state index contributed by atoms with van der Waals surface area (Å²) in [7, 11) is 0. The Bertz CT molecular complexity index is 367. The molecule has 1 N–H and O–H groups in total. The predicted molar refractivity (Wildman–Crippen MR) is 79.0 cm³/mol. The first-order chi connectivity index (χ1) is 9.28. The molecule has 0 spiro atoms. The molecule has 108 valence electrons. The molecule has 1 saturated heterocycles. The summed E-state index contributed by atoms with van der Waals surface area (Å²) in [5, 5.41) is 8.63. The lowest BCUT2D eigenvalue weighted by atomic mass is 10.3. The Kier molecular flexibility index (Phi) is 6.56. The second-order valence-corrected chi connectivity index (χ2v) is 6.46. The Balaban J connectivity index is 1.62. The summed E-state index contributed by atoms with van der Waals surface area (Å²) in [5.41, 5.74) is 0. The van der Waals surface area contributed by atoms with Crippen molar-refractivity contribution in [1.29, 1.82) is 0 Å². The average Bonchev–Trinajstić information content (AvgIpc) is 2.82. The van der Waals surface area contributed by atoms with Crippen molar-refractivity contribution >= 4 is 22.9 Å². The van der Waals surface area contributed by atoms with Gasteiger partial charge in [-0.1, -0.05) is 11.6 Å². The first-order valence-electron chi connectivity index (χ1n) is 6.65. The van der Waals surface area contributed by atoms with Crippen molar-refractivity contribution in [2.24, 2.45) is 0 Å². The molecule has 0 bridgehead atoms. The standard InChI is InChI=1S/C13H21ClN2O2S/c14-13-2-1-12(19-13)11-16-5-3-15(4-6-16)7-9-18-10-8-17/h1-2,17H,3-11H2. The number of halogens is 1. The highest BCUT2D eigenvalue weighted by atomic mass is 35.5. The molecule has 0 amide bonds. The number of piperazine rings is 1. The minimum atomic E-state index is 0.108. The second-order valence-electron chi connectivity index (χ2n) is 4.66. The van der Waals surface area contributed by atoms with Crippen LogP contribution in [0.5, 0.6) is 0 Å². The summed E-state index contributed by atoms with van der Waals surface area (Å²) < 4.78 is 6.16. The number of hydrogen-bond donors (Lipinski definition) is 1. The molecule has 2 rings (SSSR count). The Labute approximate surface area is 123 Å². The van der Waals surface area contributed by atoms with Crippen LogP contribution >= 0.6 is 22.9 Å². The molecule has 0 unspecified atom stereocenters. The Morgan fingerprint density at radius 1 is 1.16 bits per heavy atom. The van der Waals surface area contributed by atoms with E-state index in [1.54, 1.807) is 11.3 Å². The number of nitrogens with zero attached hydrogens (tertiary/aromatic N) is 2. The fraction of sp³-hybridized carbons (Fsp3) is 0.692. The van der Waals surface area contributed by atoms with Crippen LogP contribution in [0.25, 0.3) is 0 Å². The average molecular weight is 305 g/mol. The van der Waals surface area contributed by atoms with E-state index in [4.69, 9.17) is 21.4 Å². The monoisotopic (exact) mass is 304 g/mol. The summed E-state index contributed by atoms with van der Waals surface area (Å²) in [5.74, 6) is 0. The largest absolute Gasteiger partial charge is 0.394 e. The van der Waals surface area contributed by atoms with Crippen molar-refractivity contribution in [3.63, 3.8) is 0 Å². The topological polar surface area (TPSA) is 35.9 Å². The van der Waals surface area contributed by atoms with Crippen LogP contribution in [0, 0.1) is 0 Å². The van der Waals surface area contributed by atoms with E-state index in [1.165, 1.54) is 4.88 Å². The molecule has 19 heavy (non-hydrogen) atoms. The SMILES string of the molecule is OCCOCCN1CCN(Cc2ccc(Cl)s2)CC1. The maximum Gasteiger partial charge on any atom is 0.0931 e. The second kappa shape index (κ2) is 8.19. The number of hydrogen-bond acceptors (Lipinski definition) is 5. The molecule has 0 aromatic carbocycles. The summed E-state index contributed by atoms with van der Waals surface area (Å²) in [4.78, 5) is 6.22. The van der Waals surface area contributed by atoms with E-state index in [2.05, 4.69) is 15.9 Å². The van der Waals surface area contributed by atoms with Gasteiger partial charge in [0.25, 0.3) is 0 Å². The molecule has 6 heteroatoms. The maximum absolute atomic E-state index is 8.63. The molecule has 1 aromatic rings. The van der Waals surface area contributed by atoms with Gasteiger partial charge in [-0.3, -0.25) is 9.80 Å². The zero-order chi connectivity index (χ0) is 13.5. The normalized spacial score (nSPS) is 18.0. The van der Waals surface area contributed by atoms with Crippen LogP contribution in [0.15, 0.2) is 12.1 Å². The lowest BCUT2D eigenvalue weighted by Crippen LogP contribution is -2.46. The van der Waals surface area contributed by atoms with Crippen molar-refractivity contribution in [2.45, 2.75) is 6.54 Å². The molecule has 0 radical (unpaired) electrons. The van der Waals surface area contributed by atoms with Gasteiger partial charge in [-0.15, -0.1) is 11.3 Å². The zero-order valence-electron chi connectivity index (χ0n) is 11.1. The molecule has 0 saturated carbocycles. The third-order valence-corrected chi connectivity index (χ3v) is 4.48. The number of rotatable bonds is 7. The van der Waals surface area contributed by atoms with Gasteiger partial charge in [0.1, 0.15) is 0 Å². The maximum atomic E-state index is 8.63. The molecule has 4 nitrogen and oxygen atoms in total. The fourth-order valence-corrected chi connectivity index (χ4v) is 3.32. The van der Waals surface area contributed by atoms with Crippen LogP contribution < -0.4 is 0 Å². The van der Waals surface area contributed by atoms with Crippen LogP contribution in [-0.4, -0.2) is 67.5 Å². The first kappa shape index (κ1) is 15.2. The van der Waals surface area contributed by atoms with E-state index in [9.17, 15) is 0 Å². The smallest absolute Gasteiger partial charge is 0.0931 e. The summed E-state index contributed by atoms with van der Waals surface area (Å²) in [6, 6.07) is 4.08. The third-order valence-electron chi connectivity index (χ3n) is 3.26. The van der Waals surface area contributed by atoms with Gasteiger partial charge in [0.15, 0.2) is 0 Å². The van der Waals surface area contributed by atoms with E-state index < -0.39 is 0 Å². The lowest BCUT2D eigenvalue weighted by molar-refractivity contribution is 0.0565. The van der Waals surface area contributed by atoms with Gasteiger partial charge >= 0.3 is 0 Å². The van der Waals surface area contributed by atoms with Gasteiger partial charge in [0, 0.05) is 44.1 Å². The van der Waals surface area contributed by atoms with Gasteiger partial charge in [-0.05, 0) is 12.1 Å². The lowest BCUT2D eigenvalue weighted by Gasteiger charge is -2.34. The van der Waals surface area contributed by atoms with Crippen LogP contribution in [0.4, 0.5) is 0 Å². The number of thiophene rings is 1. The van der Waals surface area contributed by atoms with Gasteiger partial charge in [0.2, 0.25) is 0 Å². The van der Waals surface area contributed by atoms with Crippen molar-refractivity contribution in [3.05, 3.63) is 21.3 Å². The highest BCUT2D eigenvalue weighted by Crippen LogP contribution is 2.23. The van der Waals surface area contributed by atoms with Crippen molar-refractivity contribution in [1.82, 2.24) is 9.80 Å². The predicted octanol–water partition coefficient (Wildman–Crippen LogP) is 1.53. The highest BCUT2D eigenvalue weighted by Gasteiger charge is 2.17. The third kappa shape index (κ3) is 5.38. The molecule has 0 aliphatic carbocycles.